The summed E-state index contributed by atoms with van der Waals surface area (Å²) in [6.45, 7) is 3.90. The zero-order valence-corrected chi connectivity index (χ0v) is 11.1. The van der Waals surface area contributed by atoms with E-state index in [0.29, 0.717) is 5.02 Å². The fraction of sp³-hybridized carbons (Fsp3) is 0.500. The summed E-state index contributed by atoms with van der Waals surface area (Å²) in [4.78, 5) is 1.06. The monoisotopic (exact) mass is 260 g/mol. The lowest BCUT2D eigenvalue weighted by Gasteiger charge is -2.10. The number of hydrogen-bond acceptors (Lipinski definition) is 3. The number of aliphatic hydroxyl groups excluding tert-OH is 2. The normalized spacial score (nSPS) is 14.8. The van der Waals surface area contributed by atoms with Gasteiger partial charge in [-0.1, -0.05) is 24.6 Å². The predicted octanol–water partition coefficient (Wildman–Crippen LogP) is 3.11. The van der Waals surface area contributed by atoms with Crippen molar-refractivity contribution in [3.05, 3.63) is 28.8 Å². The van der Waals surface area contributed by atoms with Gasteiger partial charge in [0, 0.05) is 22.3 Å². The first kappa shape index (κ1) is 13.8. The highest BCUT2D eigenvalue weighted by Gasteiger charge is 2.08. The van der Waals surface area contributed by atoms with Crippen molar-refractivity contribution in [2.75, 3.05) is 12.4 Å². The molecule has 1 rings (SSSR count). The van der Waals surface area contributed by atoms with Crippen molar-refractivity contribution in [1.29, 1.82) is 0 Å². The van der Waals surface area contributed by atoms with Gasteiger partial charge in [-0.15, -0.1) is 11.8 Å². The molecule has 0 aromatic heterocycles. The molecule has 0 bridgehead atoms. The first-order chi connectivity index (χ1) is 7.54. The zero-order valence-electron chi connectivity index (χ0n) is 9.48. The third kappa shape index (κ3) is 3.98. The van der Waals surface area contributed by atoms with Crippen molar-refractivity contribution in [2.24, 2.45) is 5.92 Å². The van der Waals surface area contributed by atoms with Crippen LogP contribution in [0.25, 0.3) is 0 Å². The molecule has 0 saturated heterocycles. The van der Waals surface area contributed by atoms with Gasteiger partial charge in [-0.3, -0.25) is 0 Å². The largest absolute Gasteiger partial charge is 0.396 e. The molecule has 0 amide bonds. The van der Waals surface area contributed by atoms with Crippen LogP contribution in [0.3, 0.4) is 0 Å². The quantitative estimate of drug-likeness (QED) is 0.800. The fourth-order valence-electron chi connectivity index (χ4n) is 1.23. The van der Waals surface area contributed by atoms with Crippen molar-refractivity contribution < 1.29 is 10.2 Å². The number of halogens is 1. The van der Waals surface area contributed by atoms with E-state index in [2.05, 4.69) is 0 Å². The van der Waals surface area contributed by atoms with E-state index in [1.165, 1.54) is 0 Å². The van der Waals surface area contributed by atoms with E-state index in [0.717, 1.165) is 16.2 Å². The highest BCUT2D eigenvalue weighted by molar-refractivity contribution is 7.99. The Labute approximate surface area is 106 Å². The van der Waals surface area contributed by atoms with E-state index in [1.54, 1.807) is 18.7 Å². The average molecular weight is 261 g/mol. The number of hydrogen-bond donors (Lipinski definition) is 2. The zero-order chi connectivity index (χ0) is 12.1. The van der Waals surface area contributed by atoms with Crippen LogP contribution < -0.4 is 0 Å². The molecule has 2 nitrogen and oxygen atoms in total. The number of benzene rings is 1. The summed E-state index contributed by atoms with van der Waals surface area (Å²) >= 11 is 7.71. The molecule has 0 aliphatic heterocycles. The second kappa shape index (κ2) is 6.50. The van der Waals surface area contributed by atoms with Crippen LogP contribution in [-0.2, 0) is 0 Å². The van der Waals surface area contributed by atoms with Crippen molar-refractivity contribution in [1.82, 2.24) is 0 Å². The molecule has 2 N–H and O–H groups in total. The van der Waals surface area contributed by atoms with Crippen LogP contribution in [0.5, 0.6) is 0 Å². The Morgan fingerprint density at radius 2 is 2.06 bits per heavy atom. The van der Waals surface area contributed by atoms with E-state index in [1.807, 2.05) is 25.1 Å². The summed E-state index contributed by atoms with van der Waals surface area (Å²) in [5.41, 5.74) is 0.751. The first-order valence-corrected chi connectivity index (χ1v) is 6.62. The topological polar surface area (TPSA) is 40.5 Å². The molecular weight excluding hydrogens is 244 g/mol. The van der Waals surface area contributed by atoms with Crippen LogP contribution >= 0.6 is 23.4 Å². The molecule has 0 aliphatic carbocycles. The van der Waals surface area contributed by atoms with Crippen LogP contribution in [0.15, 0.2) is 23.1 Å². The predicted molar refractivity (Wildman–Crippen MR) is 69.1 cm³/mol. The Morgan fingerprint density at radius 1 is 1.38 bits per heavy atom. The van der Waals surface area contributed by atoms with Crippen molar-refractivity contribution in [3.63, 3.8) is 0 Å². The van der Waals surface area contributed by atoms with E-state index in [4.69, 9.17) is 16.7 Å². The molecule has 90 valence electrons. The van der Waals surface area contributed by atoms with Gasteiger partial charge >= 0.3 is 0 Å². The van der Waals surface area contributed by atoms with E-state index >= 15 is 0 Å². The molecule has 1 aromatic carbocycles. The number of aliphatic hydroxyl groups is 2. The summed E-state index contributed by atoms with van der Waals surface area (Å²) in [5, 5.41) is 18.9. The van der Waals surface area contributed by atoms with Crippen LogP contribution in [0, 0.1) is 5.92 Å². The molecule has 16 heavy (non-hydrogen) atoms. The first-order valence-electron chi connectivity index (χ1n) is 5.25. The minimum Gasteiger partial charge on any atom is -0.396 e. The maximum absolute atomic E-state index is 9.43. The molecule has 2 atom stereocenters. The SMILES string of the molecule is CC(CO)CSc1ccc(C(C)O)c(Cl)c1. The van der Waals surface area contributed by atoms with Crippen molar-refractivity contribution in [2.45, 2.75) is 24.8 Å². The number of rotatable bonds is 5. The number of thioether (sulfide) groups is 1. The Morgan fingerprint density at radius 3 is 2.56 bits per heavy atom. The minimum absolute atomic E-state index is 0.201. The van der Waals surface area contributed by atoms with E-state index in [9.17, 15) is 5.11 Å². The lowest BCUT2D eigenvalue weighted by Crippen LogP contribution is -2.03. The molecule has 0 aliphatic rings. The van der Waals surface area contributed by atoms with Gasteiger partial charge in [0.25, 0.3) is 0 Å². The smallest absolute Gasteiger partial charge is 0.0776 e. The minimum atomic E-state index is -0.539. The summed E-state index contributed by atoms with van der Waals surface area (Å²) < 4.78 is 0. The maximum atomic E-state index is 9.43. The standard InChI is InChI=1S/C12H17ClO2S/c1-8(6-14)7-16-10-3-4-11(9(2)15)12(13)5-10/h3-5,8-9,14-15H,6-7H2,1-2H3. The van der Waals surface area contributed by atoms with Gasteiger partial charge in [-0.2, -0.15) is 0 Å². The Hall–Kier alpha value is -0.220. The average Bonchev–Trinajstić information content (AvgIpc) is 2.25. The van der Waals surface area contributed by atoms with E-state index in [-0.39, 0.29) is 12.5 Å². The Balaban J connectivity index is 2.66. The van der Waals surface area contributed by atoms with Gasteiger partial charge in [0.1, 0.15) is 0 Å². The third-order valence-corrected chi connectivity index (χ3v) is 3.92. The fourth-order valence-corrected chi connectivity index (χ4v) is 2.58. The second-order valence-electron chi connectivity index (χ2n) is 3.96. The second-order valence-corrected chi connectivity index (χ2v) is 5.46. The molecule has 1 aromatic rings. The lowest BCUT2D eigenvalue weighted by atomic mass is 10.1. The summed E-state index contributed by atoms with van der Waals surface area (Å²) in [6.07, 6.45) is -0.539. The Kier molecular flexibility index (Phi) is 5.62. The van der Waals surface area contributed by atoms with Crippen LogP contribution in [0.1, 0.15) is 25.5 Å². The van der Waals surface area contributed by atoms with Crippen molar-refractivity contribution in [3.8, 4) is 0 Å². The lowest BCUT2D eigenvalue weighted by molar-refractivity contribution is 0.199. The van der Waals surface area contributed by atoms with Gasteiger partial charge in [-0.05, 0) is 30.5 Å². The van der Waals surface area contributed by atoms with Crippen LogP contribution in [0.4, 0.5) is 0 Å². The van der Waals surface area contributed by atoms with Gasteiger partial charge in [0.15, 0.2) is 0 Å². The molecule has 0 heterocycles. The third-order valence-electron chi connectivity index (χ3n) is 2.27. The maximum Gasteiger partial charge on any atom is 0.0776 e. The molecule has 4 heteroatoms. The highest BCUT2D eigenvalue weighted by atomic mass is 35.5. The summed E-state index contributed by atoms with van der Waals surface area (Å²) in [5.74, 6) is 1.14. The van der Waals surface area contributed by atoms with Gasteiger partial charge in [-0.25, -0.2) is 0 Å². The molecule has 0 radical (unpaired) electrons. The van der Waals surface area contributed by atoms with E-state index < -0.39 is 6.10 Å². The van der Waals surface area contributed by atoms with Crippen LogP contribution in [-0.4, -0.2) is 22.6 Å². The molecule has 0 spiro atoms. The van der Waals surface area contributed by atoms with Gasteiger partial charge < -0.3 is 10.2 Å². The Bertz CT molecular complexity index is 342. The molecular formula is C12H17ClO2S. The molecule has 0 fully saturated rings. The van der Waals surface area contributed by atoms with Crippen LogP contribution in [0.2, 0.25) is 5.02 Å². The van der Waals surface area contributed by atoms with Crippen molar-refractivity contribution >= 4 is 23.4 Å². The summed E-state index contributed by atoms with van der Waals surface area (Å²) in [7, 11) is 0. The molecule has 2 unspecified atom stereocenters. The highest BCUT2D eigenvalue weighted by Crippen LogP contribution is 2.29. The molecule has 0 saturated carbocycles. The summed E-state index contributed by atoms with van der Waals surface area (Å²) in [6, 6.07) is 5.65. The van der Waals surface area contributed by atoms with Gasteiger partial charge in [0.2, 0.25) is 0 Å². The van der Waals surface area contributed by atoms with Gasteiger partial charge in [0.05, 0.1) is 6.10 Å².